The molecule has 3 atom stereocenters. The molecule has 0 radical (unpaired) electrons. The number of amides is 1. The van der Waals surface area contributed by atoms with E-state index in [-0.39, 0.29) is 47.2 Å². The number of carbonyl (C=O) groups excluding carboxylic acids is 1. The van der Waals surface area contributed by atoms with Gasteiger partial charge < -0.3 is 10.6 Å². The van der Waals surface area contributed by atoms with Gasteiger partial charge in [0.1, 0.15) is 0 Å². The van der Waals surface area contributed by atoms with Gasteiger partial charge in [-0.15, -0.1) is 24.2 Å². The molecule has 5 nitrogen and oxygen atoms in total. The third-order valence-corrected chi connectivity index (χ3v) is 7.38. The fraction of sp³-hybridized carbons (Fsp3) is 0.923. The van der Waals surface area contributed by atoms with E-state index in [2.05, 4.69) is 0 Å². The Bertz CT molecular complexity index is 456. The molecule has 124 valence electrons. The minimum absolute atomic E-state index is 0. The number of halogens is 1. The average molecular weight is 357 g/mol. The summed E-state index contributed by atoms with van der Waals surface area (Å²) in [5.74, 6) is 0.983. The van der Waals surface area contributed by atoms with Crippen LogP contribution in [0.4, 0.5) is 0 Å². The zero-order valence-corrected chi connectivity index (χ0v) is 14.8. The topological polar surface area (TPSA) is 80.5 Å². The third-order valence-electron chi connectivity index (χ3n) is 4.11. The number of carbonyl (C=O) groups is 1. The summed E-state index contributed by atoms with van der Waals surface area (Å²) in [4.78, 5) is 14.2. The first kappa shape index (κ1) is 19.1. The zero-order chi connectivity index (χ0) is 14.8. The van der Waals surface area contributed by atoms with Crippen LogP contribution >= 0.6 is 24.2 Å². The summed E-state index contributed by atoms with van der Waals surface area (Å²) in [6.07, 6.45) is 3.82. The van der Waals surface area contributed by atoms with Crippen LogP contribution in [0.15, 0.2) is 0 Å². The molecule has 21 heavy (non-hydrogen) atoms. The monoisotopic (exact) mass is 356 g/mol. The molecule has 2 fully saturated rings. The summed E-state index contributed by atoms with van der Waals surface area (Å²) in [7, 11) is -2.86. The van der Waals surface area contributed by atoms with Crippen molar-refractivity contribution in [3.8, 4) is 0 Å². The van der Waals surface area contributed by atoms with Crippen LogP contribution in [-0.4, -0.2) is 60.4 Å². The number of hydrogen-bond acceptors (Lipinski definition) is 5. The van der Waals surface area contributed by atoms with Crippen LogP contribution in [0.3, 0.4) is 0 Å². The van der Waals surface area contributed by atoms with Crippen LogP contribution < -0.4 is 5.73 Å². The van der Waals surface area contributed by atoms with Gasteiger partial charge in [-0.3, -0.25) is 4.79 Å². The smallest absolute Gasteiger partial charge is 0.232 e. The van der Waals surface area contributed by atoms with E-state index in [0.717, 1.165) is 25.8 Å². The van der Waals surface area contributed by atoms with Crippen molar-refractivity contribution < 1.29 is 13.2 Å². The summed E-state index contributed by atoms with van der Waals surface area (Å²) >= 11 is 1.49. The Labute approximate surface area is 137 Å². The van der Waals surface area contributed by atoms with Gasteiger partial charge in [-0.2, -0.15) is 0 Å². The quantitative estimate of drug-likeness (QED) is 0.814. The van der Waals surface area contributed by atoms with E-state index in [1.165, 1.54) is 11.8 Å². The van der Waals surface area contributed by atoms with E-state index >= 15 is 0 Å². The van der Waals surface area contributed by atoms with Crippen molar-refractivity contribution in [2.24, 2.45) is 5.73 Å². The molecule has 0 aliphatic carbocycles. The van der Waals surface area contributed by atoms with Crippen molar-refractivity contribution in [3.05, 3.63) is 0 Å². The molecule has 0 bridgehead atoms. The van der Waals surface area contributed by atoms with Gasteiger partial charge >= 0.3 is 0 Å². The van der Waals surface area contributed by atoms with Crippen LogP contribution in [0.5, 0.6) is 0 Å². The van der Waals surface area contributed by atoms with Crippen molar-refractivity contribution in [2.75, 3.05) is 23.8 Å². The van der Waals surface area contributed by atoms with Gasteiger partial charge in [-0.1, -0.05) is 0 Å². The van der Waals surface area contributed by atoms with Gasteiger partial charge in [-0.25, -0.2) is 8.42 Å². The highest BCUT2D eigenvalue weighted by Gasteiger charge is 2.32. The predicted molar refractivity (Wildman–Crippen MR) is 89.8 cm³/mol. The molecule has 2 rings (SSSR count). The van der Waals surface area contributed by atoms with Gasteiger partial charge in [0, 0.05) is 23.9 Å². The molecule has 1 amide bonds. The Morgan fingerprint density at radius 1 is 1.38 bits per heavy atom. The number of rotatable bonds is 4. The van der Waals surface area contributed by atoms with Gasteiger partial charge in [0.05, 0.1) is 17.3 Å². The highest BCUT2D eigenvalue weighted by atomic mass is 35.5. The summed E-state index contributed by atoms with van der Waals surface area (Å²) in [5, 5.41) is 0.0856. The number of piperidine rings is 1. The molecule has 0 aromatic heterocycles. The molecular weight excluding hydrogens is 332 g/mol. The number of thioether (sulfide) groups is 1. The second-order valence-corrected chi connectivity index (χ2v) is 9.36. The number of nitrogens with zero attached hydrogens (tertiary/aromatic N) is 1. The standard InChI is InChI=1S/C13H24N2O3S2.ClH/c1-10(14)12-4-2-3-6-15(12)13(16)8-19-11-5-7-20(17,18)9-11;/h10-12H,2-9,14H2,1H3;1H. The number of likely N-dealkylation sites (tertiary alicyclic amines) is 1. The molecule has 0 spiro atoms. The Morgan fingerprint density at radius 3 is 2.67 bits per heavy atom. The molecule has 2 aliphatic rings. The van der Waals surface area contributed by atoms with Crippen LogP contribution in [0.2, 0.25) is 0 Å². The van der Waals surface area contributed by atoms with E-state index in [0.29, 0.717) is 12.2 Å². The largest absolute Gasteiger partial charge is 0.337 e. The lowest BCUT2D eigenvalue weighted by molar-refractivity contribution is -0.132. The van der Waals surface area contributed by atoms with E-state index in [1.807, 2.05) is 11.8 Å². The van der Waals surface area contributed by atoms with Gasteiger partial charge in [0.2, 0.25) is 5.91 Å². The molecule has 2 heterocycles. The maximum Gasteiger partial charge on any atom is 0.232 e. The Hall–Kier alpha value is 0.0200. The minimum atomic E-state index is -2.86. The lowest BCUT2D eigenvalue weighted by Crippen LogP contribution is -2.52. The van der Waals surface area contributed by atoms with Crippen molar-refractivity contribution in [1.29, 1.82) is 0 Å². The minimum Gasteiger partial charge on any atom is -0.337 e. The van der Waals surface area contributed by atoms with E-state index in [1.54, 1.807) is 0 Å². The van der Waals surface area contributed by atoms with Crippen LogP contribution in [0.1, 0.15) is 32.6 Å². The van der Waals surface area contributed by atoms with Gasteiger partial charge in [0.15, 0.2) is 9.84 Å². The highest BCUT2D eigenvalue weighted by Crippen LogP contribution is 2.26. The molecule has 3 unspecified atom stereocenters. The maximum absolute atomic E-state index is 12.3. The number of hydrogen-bond donors (Lipinski definition) is 1. The number of sulfone groups is 1. The molecule has 0 aromatic rings. The predicted octanol–water partition coefficient (Wildman–Crippen LogP) is 1.06. The van der Waals surface area contributed by atoms with Crippen molar-refractivity contribution in [2.45, 2.75) is 49.9 Å². The van der Waals surface area contributed by atoms with E-state index < -0.39 is 9.84 Å². The molecule has 2 saturated heterocycles. The van der Waals surface area contributed by atoms with Crippen molar-refractivity contribution in [1.82, 2.24) is 4.90 Å². The maximum atomic E-state index is 12.3. The molecule has 2 aliphatic heterocycles. The van der Waals surface area contributed by atoms with Crippen LogP contribution in [-0.2, 0) is 14.6 Å². The van der Waals surface area contributed by atoms with Crippen molar-refractivity contribution >= 4 is 39.9 Å². The zero-order valence-electron chi connectivity index (χ0n) is 12.4. The first-order valence-electron chi connectivity index (χ1n) is 7.26. The molecule has 0 aromatic carbocycles. The Kier molecular flexibility index (Phi) is 7.30. The second-order valence-electron chi connectivity index (χ2n) is 5.85. The van der Waals surface area contributed by atoms with Crippen LogP contribution in [0.25, 0.3) is 0 Å². The SMILES string of the molecule is CC(N)C1CCCCN1C(=O)CSC1CCS(=O)(=O)C1.Cl. The van der Waals surface area contributed by atoms with Gasteiger partial charge in [-0.05, 0) is 32.6 Å². The molecule has 8 heteroatoms. The Balaban J connectivity index is 0.00000220. The lowest BCUT2D eigenvalue weighted by atomic mass is 9.97. The fourth-order valence-corrected chi connectivity index (χ4v) is 6.51. The van der Waals surface area contributed by atoms with Crippen molar-refractivity contribution in [3.63, 3.8) is 0 Å². The molecule has 0 saturated carbocycles. The summed E-state index contributed by atoms with van der Waals surface area (Å²) in [6, 6.07) is 0.139. The van der Waals surface area contributed by atoms with E-state index in [4.69, 9.17) is 5.73 Å². The number of nitrogens with two attached hydrogens (primary N) is 1. The van der Waals surface area contributed by atoms with Gasteiger partial charge in [0.25, 0.3) is 0 Å². The lowest BCUT2D eigenvalue weighted by Gasteiger charge is -2.38. The van der Waals surface area contributed by atoms with E-state index in [9.17, 15) is 13.2 Å². The second kappa shape index (κ2) is 8.04. The third kappa shape index (κ3) is 5.30. The normalized spacial score (nSPS) is 29.7. The first-order valence-corrected chi connectivity index (χ1v) is 10.1. The Morgan fingerprint density at radius 2 is 2.10 bits per heavy atom. The van der Waals surface area contributed by atoms with Crippen LogP contribution in [0, 0.1) is 0 Å². The first-order chi connectivity index (χ1) is 9.39. The fourth-order valence-electron chi connectivity index (χ4n) is 2.98. The molecule has 2 N–H and O–H groups in total. The average Bonchev–Trinajstić information content (AvgIpc) is 2.75. The highest BCUT2D eigenvalue weighted by molar-refractivity contribution is 8.02. The summed E-state index contributed by atoms with van der Waals surface area (Å²) < 4.78 is 22.8. The summed E-state index contributed by atoms with van der Waals surface area (Å²) in [6.45, 7) is 2.74. The molecular formula is C13H25ClN2O3S2. The summed E-state index contributed by atoms with van der Waals surface area (Å²) in [5.41, 5.74) is 5.97.